The quantitative estimate of drug-likeness (QED) is 0.638. The Balaban J connectivity index is 1.61. The number of rotatable bonds is 6. The van der Waals surface area contributed by atoms with E-state index in [0.717, 1.165) is 16.5 Å². The van der Waals surface area contributed by atoms with Crippen LogP contribution in [-0.4, -0.2) is 37.5 Å². The van der Waals surface area contributed by atoms with Gasteiger partial charge in [0.25, 0.3) is 0 Å². The number of hydrogen-bond donors (Lipinski definition) is 1. The molecule has 6 heteroatoms. The number of ether oxygens (including phenoxy) is 1. The van der Waals surface area contributed by atoms with Gasteiger partial charge in [-0.1, -0.05) is 36.4 Å². The molecule has 1 heterocycles. The third-order valence-electron chi connectivity index (χ3n) is 4.46. The summed E-state index contributed by atoms with van der Waals surface area (Å²) >= 11 is 0. The molecule has 1 fully saturated rings. The van der Waals surface area contributed by atoms with E-state index in [9.17, 15) is 14.4 Å². The van der Waals surface area contributed by atoms with Crippen LogP contribution in [0.1, 0.15) is 19.8 Å². The fraction of sp³-hybridized carbons (Fsp3) is 0.350. The minimum atomic E-state index is -0.456. The van der Waals surface area contributed by atoms with E-state index >= 15 is 0 Å². The molecule has 0 spiro atoms. The van der Waals surface area contributed by atoms with Crippen LogP contribution in [0.4, 0.5) is 5.69 Å². The Hall–Kier alpha value is -2.89. The largest absolute Gasteiger partial charge is 0.465 e. The molecule has 136 valence electrons. The first-order valence-corrected chi connectivity index (χ1v) is 8.75. The van der Waals surface area contributed by atoms with Crippen molar-refractivity contribution in [3.8, 4) is 0 Å². The van der Waals surface area contributed by atoms with Crippen LogP contribution in [0.15, 0.2) is 42.5 Å². The van der Waals surface area contributed by atoms with E-state index in [0.29, 0.717) is 19.5 Å². The van der Waals surface area contributed by atoms with Crippen molar-refractivity contribution < 1.29 is 19.1 Å². The molecule has 0 saturated carbocycles. The van der Waals surface area contributed by atoms with Crippen molar-refractivity contribution in [2.75, 3.05) is 24.6 Å². The highest BCUT2D eigenvalue weighted by Gasteiger charge is 2.36. The summed E-state index contributed by atoms with van der Waals surface area (Å²) in [6.45, 7) is 2.47. The molecule has 1 atom stereocenters. The Kier molecular flexibility index (Phi) is 5.51. The normalized spacial score (nSPS) is 16.7. The smallest absolute Gasteiger partial charge is 0.311 e. The zero-order valence-corrected chi connectivity index (χ0v) is 14.7. The molecule has 0 radical (unpaired) electrons. The van der Waals surface area contributed by atoms with Crippen LogP contribution in [0.5, 0.6) is 0 Å². The number of nitrogens with one attached hydrogen (secondary N) is 1. The van der Waals surface area contributed by atoms with Gasteiger partial charge < -0.3 is 15.0 Å². The van der Waals surface area contributed by atoms with Crippen LogP contribution in [0.3, 0.4) is 0 Å². The molecule has 1 unspecified atom stereocenters. The first kappa shape index (κ1) is 17.9. The number of hydrogen-bond acceptors (Lipinski definition) is 4. The number of carbonyl (C=O) groups excluding carboxylic acids is 3. The maximum absolute atomic E-state index is 12.5. The van der Waals surface area contributed by atoms with E-state index in [1.165, 1.54) is 6.92 Å². The molecular weight excluding hydrogens is 332 g/mol. The van der Waals surface area contributed by atoms with E-state index in [1.54, 1.807) is 4.90 Å². The molecule has 0 aromatic heterocycles. The number of benzene rings is 2. The molecule has 1 aliphatic heterocycles. The lowest BCUT2D eigenvalue weighted by Crippen LogP contribution is -2.27. The molecule has 0 bridgehead atoms. The van der Waals surface area contributed by atoms with Gasteiger partial charge in [-0.05, 0) is 17.9 Å². The minimum absolute atomic E-state index is 0.0680. The Morgan fingerprint density at radius 3 is 2.77 bits per heavy atom. The summed E-state index contributed by atoms with van der Waals surface area (Å²) in [6.07, 6.45) is 0.715. The van der Waals surface area contributed by atoms with E-state index in [-0.39, 0.29) is 30.8 Å². The van der Waals surface area contributed by atoms with Crippen molar-refractivity contribution in [3.05, 3.63) is 42.5 Å². The maximum atomic E-state index is 12.5. The van der Waals surface area contributed by atoms with Crippen molar-refractivity contribution >= 4 is 34.2 Å². The predicted molar refractivity (Wildman–Crippen MR) is 98.7 cm³/mol. The average molecular weight is 354 g/mol. The van der Waals surface area contributed by atoms with Crippen molar-refractivity contribution in [2.24, 2.45) is 5.92 Å². The molecule has 2 aromatic rings. The van der Waals surface area contributed by atoms with E-state index < -0.39 is 5.92 Å². The van der Waals surface area contributed by atoms with E-state index in [4.69, 9.17) is 4.74 Å². The molecule has 2 amide bonds. The zero-order valence-electron chi connectivity index (χ0n) is 14.7. The summed E-state index contributed by atoms with van der Waals surface area (Å²) in [7, 11) is 0. The summed E-state index contributed by atoms with van der Waals surface area (Å²) in [5, 5.41) is 4.70. The number of nitrogens with zero attached hydrogens (tertiary/aromatic N) is 1. The second kappa shape index (κ2) is 7.99. The molecule has 3 rings (SSSR count). The number of fused-ring (bicyclic) bond motifs is 1. The first-order valence-electron chi connectivity index (χ1n) is 8.75. The van der Waals surface area contributed by atoms with Crippen molar-refractivity contribution in [2.45, 2.75) is 19.8 Å². The van der Waals surface area contributed by atoms with E-state index in [1.807, 2.05) is 42.5 Å². The first-order chi connectivity index (χ1) is 12.6. The van der Waals surface area contributed by atoms with Crippen LogP contribution < -0.4 is 10.2 Å². The van der Waals surface area contributed by atoms with Crippen molar-refractivity contribution in [1.82, 2.24) is 5.32 Å². The van der Waals surface area contributed by atoms with Gasteiger partial charge in [0, 0.05) is 31.8 Å². The average Bonchev–Trinajstić information content (AvgIpc) is 3.02. The van der Waals surface area contributed by atoms with Gasteiger partial charge in [0.1, 0.15) is 0 Å². The highest BCUT2D eigenvalue weighted by molar-refractivity contribution is 6.06. The lowest BCUT2D eigenvalue weighted by Gasteiger charge is -2.18. The highest BCUT2D eigenvalue weighted by atomic mass is 16.5. The van der Waals surface area contributed by atoms with Gasteiger partial charge in [-0.3, -0.25) is 14.4 Å². The SMILES string of the molecule is CC(=O)NCCCOC(=O)C1CC(=O)N(c2cccc3ccccc23)C1. The van der Waals surface area contributed by atoms with Gasteiger partial charge >= 0.3 is 5.97 Å². The lowest BCUT2D eigenvalue weighted by molar-refractivity contribution is -0.148. The van der Waals surface area contributed by atoms with Gasteiger partial charge in [0.05, 0.1) is 18.2 Å². The molecule has 1 aliphatic rings. The lowest BCUT2D eigenvalue weighted by atomic mass is 10.1. The summed E-state index contributed by atoms with van der Waals surface area (Å²) in [5.74, 6) is -0.990. The molecule has 0 aliphatic carbocycles. The van der Waals surface area contributed by atoms with Gasteiger partial charge in [-0.25, -0.2) is 0 Å². The number of carbonyl (C=O) groups is 3. The zero-order chi connectivity index (χ0) is 18.5. The molecule has 26 heavy (non-hydrogen) atoms. The topological polar surface area (TPSA) is 75.7 Å². The van der Waals surface area contributed by atoms with Crippen LogP contribution in [-0.2, 0) is 19.1 Å². The van der Waals surface area contributed by atoms with Gasteiger partial charge in [0.2, 0.25) is 11.8 Å². The summed E-state index contributed by atoms with van der Waals surface area (Å²) in [5.41, 5.74) is 0.828. The summed E-state index contributed by atoms with van der Waals surface area (Å²) < 4.78 is 5.26. The van der Waals surface area contributed by atoms with Gasteiger partial charge in [0.15, 0.2) is 0 Å². The third kappa shape index (κ3) is 4.02. The van der Waals surface area contributed by atoms with Crippen LogP contribution in [0.25, 0.3) is 10.8 Å². The Morgan fingerprint density at radius 2 is 1.96 bits per heavy atom. The van der Waals surface area contributed by atoms with Gasteiger partial charge in [-0.15, -0.1) is 0 Å². The fourth-order valence-electron chi connectivity index (χ4n) is 3.17. The summed E-state index contributed by atoms with van der Waals surface area (Å²) in [6, 6.07) is 13.7. The number of anilines is 1. The van der Waals surface area contributed by atoms with Crippen LogP contribution in [0.2, 0.25) is 0 Å². The van der Waals surface area contributed by atoms with Crippen LogP contribution >= 0.6 is 0 Å². The number of esters is 1. The van der Waals surface area contributed by atoms with Crippen molar-refractivity contribution in [3.63, 3.8) is 0 Å². The second-order valence-corrected chi connectivity index (χ2v) is 6.41. The van der Waals surface area contributed by atoms with E-state index in [2.05, 4.69) is 5.32 Å². The van der Waals surface area contributed by atoms with Crippen molar-refractivity contribution in [1.29, 1.82) is 0 Å². The second-order valence-electron chi connectivity index (χ2n) is 6.41. The Bertz CT molecular complexity index is 828. The standard InChI is InChI=1S/C20H22N2O4/c1-14(23)21-10-5-11-26-20(25)16-12-19(24)22(13-16)18-9-4-7-15-6-2-3-8-17(15)18/h2-4,6-9,16H,5,10-13H2,1H3,(H,21,23). The Morgan fingerprint density at radius 1 is 1.19 bits per heavy atom. The monoisotopic (exact) mass is 354 g/mol. The molecule has 1 N–H and O–H groups in total. The summed E-state index contributed by atoms with van der Waals surface area (Å²) in [4.78, 5) is 37.2. The van der Waals surface area contributed by atoms with Crippen LogP contribution in [0, 0.1) is 5.92 Å². The van der Waals surface area contributed by atoms with Gasteiger partial charge in [-0.2, -0.15) is 0 Å². The Labute approximate surface area is 152 Å². The highest BCUT2D eigenvalue weighted by Crippen LogP contribution is 2.32. The molecular formula is C20H22N2O4. The minimum Gasteiger partial charge on any atom is -0.465 e. The molecule has 1 saturated heterocycles. The number of amides is 2. The predicted octanol–water partition coefficient (Wildman–Crippen LogP) is 2.26. The fourth-order valence-corrected chi connectivity index (χ4v) is 3.17. The molecule has 2 aromatic carbocycles. The maximum Gasteiger partial charge on any atom is 0.311 e. The molecule has 6 nitrogen and oxygen atoms in total. The third-order valence-corrected chi connectivity index (χ3v) is 4.46.